The molecule has 13 heteroatoms. The topological polar surface area (TPSA) is 97.2 Å². The van der Waals surface area contributed by atoms with Crippen LogP contribution < -0.4 is 10.9 Å². The maximum absolute atomic E-state index is 16.1. The Morgan fingerprint density at radius 3 is 2.38 bits per heavy atom. The Hall–Kier alpha value is -3.06. The van der Waals surface area contributed by atoms with E-state index in [9.17, 15) is 13.2 Å². The molecule has 1 aromatic carbocycles. The number of alkyl halides is 3. The van der Waals surface area contributed by atoms with Crippen molar-refractivity contribution in [3.8, 4) is 0 Å². The molecule has 0 spiro atoms. The average Bonchev–Trinajstić information content (AvgIpc) is 3.00. The zero-order valence-corrected chi connectivity index (χ0v) is 28.0. The summed E-state index contributed by atoms with van der Waals surface area (Å²) >= 11 is 0. The highest BCUT2D eigenvalue weighted by Gasteiger charge is 2.45. The number of nitrogens with one attached hydrogen (secondary N) is 1. The Bertz CT molecular complexity index is 1810. The quantitative estimate of drug-likeness (QED) is 0.297. The lowest BCUT2D eigenvalue weighted by molar-refractivity contribution is -0.0906. The zero-order valence-electron chi connectivity index (χ0n) is 27.2. The highest BCUT2D eigenvalue weighted by atomic mass is 32.2. The van der Waals surface area contributed by atoms with Crippen molar-refractivity contribution in [2.45, 2.75) is 95.8 Å². The van der Waals surface area contributed by atoms with Crippen molar-refractivity contribution in [3.63, 3.8) is 0 Å². The van der Waals surface area contributed by atoms with Crippen LogP contribution in [0.5, 0.6) is 0 Å². The summed E-state index contributed by atoms with van der Waals surface area (Å²) in [7, 11) is -3.18. The van der Waals surface area contributed by atoms with E-state index in [1.54, 1.807) is 24.5 Å². The number of sulfone groups is 1. The second-order valence-corrected chi connectivity index (χ2v) is 16.3. The van der Waals surface area contributed by atoms with Crippen molar-refractivity contribution < 1.29 is 26.0 Å². The molecule has 2 aromatic heterocycles. The van der Waals surface area contributed by atoms with Gasteiger partial charge in [-0.1, -0.05) is 18.2 Å². The summed E-state index contributed by atoms with van der Waals surface area (Å²) < 4.78 is 89.6. The number of piperidine rings is 1. The van der Waals surface area contributed by atoms with Crippen molar-refractivity contribution in [3.05, 3.63) is 63.0 Å². The third-order valence-electron chi connectivity index (χ3n) is 10.3. The predicted octanol–water partition coefficient (Wildman–Crippen LogP) is 6.42. The number of benzene rings is 1. The molecule has 1 N–H and O–H groups in total. The average molecular weight is 678 g/mol. The Balaban J connectivity index is 1.47. The summed E-state index contributed by atoms with van der Waals surface area (Å²) in [5, 5.41) is 3.71. The molecular formula is C34H43F4N5O3S. The molecule has 4 aliphatic rings. The van der Waals surface area contributed by atoms with E-state index in [0.717, 1.165) is 6.07 Å². The van der Waals surface area contributed by atoms with Gasteiger partial charge in [-0.15, -0.1) is 0 Å². The molecular weight excluding hydrogens is 634 g/mol. The fraction of sp³-hybridized carbons (Fsp3) is 0.618. The first-order chi connectivity index (χ1) is 22.1. The van der Waals surface area contributed by atoms with Gasteiger partial charge in [0.15, 0.2) is 0 Å². The number of rotatable bonds is 1. The maximum atomic E-state index is 16.1. The van der Waals surface area contributed by atoms with Crippen LogP contribution in [0.25, 0.3) is 11.0 Å². The predicted molar refractivity (Wildman–Crippen MR) is 174 cm³/mol. The minimum Gasteiger partial charge on any atom is -0.363 e. The summed E-state index contributed by atoms with van der Waals surface area (Å²) in [5.41, 5.74) is -1.63. The highest BCUT2D eigenvalue weighted by molar-refractivity contribution is 7.91. The van der Waals surface area contributed by atoms with Crippen LogP contribution in [0, 0.1) is 18.7 Å². The number of aryl methyl sites for hydroxylation is 2. The molecule has 0 amide bonds. The van der Waals surface area contributed by atoms with Gasteiger partial charge < -0.3 is 10.2 Å². The van der Waals surface area contributed by atoms with E-state index in [0.29, 0.717) is 67.0 Å². The molecule has 256 valence electrons. The fourth-order valence-corrected chi connectivity index (χ4v) is 9.08. The largest absolute Gasteiger partial charge is 0.363 e. The van der Waals surface area contributed by atoms with Gasteiger partial charge in [0.05, 0.1) is 28.5 Å². The van der Waals surface area contributed by atoms with Crippen LogP contribution in [0.15, 0.2) is 29.1 Å². The minimum absolute atomic E-state index is 0.0190. The third-order valence-corrected chi connectivity index (χ3v) is 12.0. The van der Waals surface area contributed by atoms with Crippen molar-refractivity contribution in [2.75, 3.05) is 36.5 Å². The van der Waals surface area contributed by atoms with Gasteiger partial charge in [0.25, 0.3) is 11.5 Å². The molecule has 0 aliphatic carbocycles. The van der Waals surface area contributed by atoms with Crippen molar-refractivity contribution in [1.82, 2.24) is 19.4 Å². The van der Waals surface area contributed by atoms with Crippen LogP contribution in [0.4, 0.5) is 23.4 Å². The second-order valence-electron chi connectivity index (χ2n) is 14.0. The molecule has 3 aromatic rings. The van der Waals surface area contributed by atoms with Crippen molar-refractivity contribution >= 4 is 26.7 Å². The molecule has 1 unspecified atom stereocenters. The number of halogens is 4. The molecule has 7 rings (SSSR count). The van der Waals surface area contributed by atoms with Gasteiger partial charge in [-0.2, -0.15) is 0 Å². The third kappa shape index (κ3) is 6.93. The molecule has 2 saturated heterocycles. The summed E-state index contributed by atoms with van der Waals surface area (Å²) in [4.78, 5) is 25.1. The second kappa shape index (κ2) is 12.8. The summed E-state index contributed by atoms with van der Waals surface area (Å²) in [6, 6.07) is 4.97. The molecule has 2 atom stereocenters. The molecule has 4 aliphatic heterocycles. The molecule has 47 heavy (non-hydrogen) atoms. The normalized spacial score (nSPS) is 28.6. The number of hydrogen-bond acceptors (Lipinski definition) is 7. The van der Waals surface area contributed by atoms with Gasteiger partial charge in [-0.25, -0.2) is 35.9 Å². The van der Waals surface area contributed by atoms with Crippen LogP contribution in [0.3, 0.4) is 0 Å². The van der Waals surface area contributed by atoms with Gasteiger partial charge in [-0.3, -0.25) is 9.36 Å². The lowest BCUT2D eigenvalue weighted by Gasteiger charge is -2.38. The SMILES string of the molecule is Cc1nc2c3cc(C4CCS(=O)(=O)CC4)c(=O)n(c3n1)CCCCC(C)(F)CN1CCC(CC1)C(F)(F)c1cccc(c1F)[C@@H](C)N2. The van der Waals surface area contributed by atoms with Gasteiger partial charge in [-0.05, 0) is 90.8 Å². The molecule has 8 nitrogen and oxygen atoms in total. The van der Waals surface area contributed by atoms with E-state index in [-0.39, 0.29) is 60.9 Å². The van der Waals surface area contributed by atoms with E-state index in [4.69, 9.17) is 0 Å². The van der Waals surface area contributed by atoms with Crippen molar-refractivity contribution in [1.29, 1.82) is 0 Å². The Morgan fingerprint density at radius 1 is 0.979 bits per heavy atom. The van der Waals surface area contributed by atoms with Gasteiger partial charge >= 0.3 is 0 Å². The summed E-state index contributed by atoms with van der Waals surface area (Å²) in [6.45, 7) is 5.84. The molecule has 0 radical (unpaired) electrons. The number of anilines is 1. The van der Waals surface area contributed by atoms with Crippen LogP contribution >= 0.6 is 0 Å². The number of nitrogens with zero attached hydrogens (tertiary/aromatic N) is 4. The van der Waals surface area contributed by atoms with Gasteiger partial charge in [0.1, 0.15) is 38.6 Å². The minimum atomic E-state index is -3.41. The van der Waals surface area contributed by atoms with E-state index < -0.39 is 44.8 Å². The maximum Gasteiger partial charge on any atom is 0.278 e. The number of pyridine rings is 1. The number of hydrogen-bond donors (Lipinski definition) is 1. The number of aromatic nitrogens is 3. The Kier molecular flexibility index (Phi) is 9.18. The smallest absolute Gasteiger partial charge is 0.278 e. The van der Waals surface area contributed by atoms with Crippen LogP contribution in [0.2, 0.25) is 0 Å². The lowest BCUT2D eigenvalue weighted by Crippen LogP contribution is -2.45. The standard InChI is InChI=1S/C34H43F4N5O3S/c1-21-25-7-6-8-28(29(25)35)34(37,38)24-9-15-42(16-10-24)20-33(3,36)13-4-5-14-43-31-27(30(39-21)40-22(2)41-31)19-26(32(43)44)23-11-17-47(45,46)18-12-23/h6-8,19,21,23-24H,4-5,9-18,20H2,1-3H3,(H,39,40,41)/t21-,33?/m1/s1. The first kappa shape index (κ1) is 33.8. The first-order valence-electron chi connectivity index (χ1n) is 16.6. The molecule has 0 saturated carbocycles. The zero-order chi connectivity index (χ0) is 33.7. The Labute approximate surface area is 272 Å². The van der Waals surface area contributed by atoms with Crippen LogP contribution in [-0.4, -0.2) is 64.7 Å². The monoisotopic (exact) mass is 677 g/mol. The molecule has 2 fully saturated rings. The van der Waals surface area contributed by atoms with E-state index in [1.165, 1.54) is 19.1 Å². The molecule has 8 bridgehead atoms. The Morgan fingerprint density at radius 2 is 1.68 bits per heavy atom. The van der Waals surface area contributed by atoms with E-state index in [1.807, 2.05) is 4.90 Å². The number of fused-ring (bicyclic) bond motifs is 8. The summed E-state index contributed by atoms with van der Waals surface area (Å²) in [5.74, 6) is -5.14. The molecule has 6 heterocycles. The van der Waals surface area contributed by atoms with Crippen LogP contribution in [-0.2, 0) is 22.3 Å². The van der Waals surface area contributed by atoms with Gasteiger partial charge in [0, 0.05) is 30.1 Å². The first-order valence-corrected chi connectivity index (χ1v) is 18.4. The van der Waals surface area contributed by atoms with Crippen LogP contribution in [0.1, 0.15) is 93.3 Å². The van der Waals surface area contributed by atoms with Gasteiger partial charge in [0.2, 0.25) is 0 Å². The fourth-order valence-electron chi connectivity index (χ4n) is 7.59. The highest BCUT2D eigenvalue weighted by Crippen LogP contribution is 2.44. The van der Waals surface area contributed by atoms with E-state index >= 15 is 17.6 Å². The van der Waals surface area contributed by atoms with E-state index in [2.05, 4.69) is 15.3 Å². The summed E-state index contributed by atoms with van der Waals surface area (Å²) in [6.07, 6.45) is 2.08. The lowest BCUT2D eigenvalue weighted by atomic mass is 9.84. The van der Waals surface area contributed by atoms with Crippen molar-refractivity contribution in [2.24, 2.45) is 5.92 Å².